The normalized spacial score (nSPS) is 13.6. The molecule has 0 amide bonds. The molecule has 0 aliphatic heterocycles. The monoisotopic (exact) mass is 242 g/mol. The van der Waals surface area contributed by atoms with Crippen LogP contribution in [0.15, 0.2) is 18.2 Å². The first-order chi connectivity index (χ1) is 7.36. The zero-order chi connectivity index (χ0) is 12.3. The van der Waals surface area contributed by atoms with Crippen molar-refractivity contribution in [3.8, 4) is 5.75 Å². The van der Waals surface area contributed by atoms with E-state index in [1.807, 2.05) is 39.0 Å². The summed E-state index contributed by atoms with van der Waals surface area (Å²) in [6.07, 6.45) is 0. The van der Waals surface area contributed by atoms with Crippen LogP contribution in [0.5, 0.6) is 5.75 Å². The van der Waals surface area contributed by atoms with Crippen LogP contribution < -0.4 is 16.2 Å². The van der Waals surface area contributed by atoms with Crippen molar-refractivity contribution in [1.29, 1.82) is 0 Å². The lowest BCUT2D eigenvalue weighted by Crippen LogP contribution is -2.43. The summed E-state index contributed by atoms with van der Waals surface area (Å²) in [6.45, 7) is 6.29. The highest BCUT2D eigenvalue weighted by Gasteiger charge is 2.23. The smallest absolute Gasteiger partial charge is 0.137 e. The number of hydrogen-bond acceptors (Lipinski definition) is 3. The number of ether oxygens (including phenoxy) is 1. The van der Waals surface area contributed by atoms with Crippen molar-refractivity contribution in [1.82, 2.24) is 0 Å². The summed E-state index contributed by atoms with van der Waals surface area (Å²) < 4.78 is 5.35. The van der Waals surface area contributed by atoms with E-state index in [1.54, 1.807) is 0 Å². The van der Waals surface area contributed by atoms with Gasteiger partial charge in [0.25, 0.3) is 0 Å². The molecule has 0 radical (unpaired) electrons. The number of nitrogens with two attached hydrogens (primary N) is 2. The molecule has 0 saturated carbocycles. The molecule has 0 spiro atoms. The van der Waals surface area contributed by atoms with Crippen LogP contribution in [0.25, 0.3) is 0 Å². The molecule has 0 aliphatic carbocycles. The number of benzene rings is 1. The quantitative estimate of drug-likeness (QED) is 0.853. The van der Waals surface area contributed by atoms with Gasteiger partial charge < -0.3 is 16.2 Å². The Morgan fingerprint density at radius 2 is 2.06 bits per heavy atom. The van der Waals surface area contributed by atoms with E-state index in [2.05, 4.69) is 0 Å². The molecule has 3 nitrogen and oxygen atoms in total. The van der Waals surface area contributed by atoms with Crippen molar-refractivity contribution in [3.05, 3.63) is 28.8 Å². The SMILES string of the molecule is CCOc1ccc(C(N)C(C)(C)N)cc1Cl. The minimum atomic E-state index is -0.476. The zero-order valence-electron chi connectivity index (χ0n) is 9.96. The summed E-state index contributed by atoms with van der Waals surface area (Å²) in [5.41, 5.74) is 12.4. The second kappa shape index (κ2) is 5.04. The first-order valence-corrected chi connectivity index (χ1v) is 5.70. The van der Waals surface area contributed by atoms with E-state index in [1.165, 1.54) is 0 Å². The fourth-order valence-corrected chi connectivity index (χ4v) is 1.66. The van der Waals surface area contributed by atoms with Crippen molar-refractivity contribution in [2.45, 2.75) is 32.4 Å². The summed E-state index contributed by atoms with van der Waals surface area (Å²) in [4.78, 5) is 0. The Hall–Kier alpha value is -0.770. The predicted octanol–water partition coefficient (Wildman–Crippen LogP) is 2.48. The Bertz CT molecular complexity index is 361. The molecule has 0 aliphatic rings. The van der Waals surface area contributed by atoms with Crippen molar-refractivity contribution >= 4 is 11.6 Å². The van der Waals surface area contributed by atoms with Gasteiger partial charge in [0.05, 0.1) is 11.6 Å². The lowest BCUT2D eigenvalue weighted by atomic mass is 9.90. The van der Waals surface area contributed by atoms with E-state index in [9.17, 15) is 0 Å². The third-order valence-electron chi connectivity index (χ3n) is 2.42. The molecule has 4 heteroatoms. The van der Waals surface area contributed by atoms with Gasteiger partial charge in [0, 0.05) is 11.6 Å². The molecule has 0 fully saturated rings. The first-order valence-electron chi connectivity index (χ1n) is 5.33. The minimum Gasteiger partial charge on any atom is -0.492 e. The van der Waals surface area contributed by atoms with Crippen LogP contribution in [-0.4, -0.2) is 12.1 Å². The fourth-order valence-electron chi connectivity index (χ4n) is 1.41. The van der Waals surface area contributed by atoms with Gasteiger partial charge >= 0.3 is 0 Å². The number of hydrogen-bond donors (Lipinski definition) is 2. The van der Waals surface area contributed by atoms with Crippen molar-refractivity contribution in [2.75, 3.05) is 6.61 Å². The molecular formula is C12H19ClN2O. The standard InChI is InChI=1S/C12H19ClN2O/c1-4-16-10-6-5-8(7-9(10)13)11(14)12(2,3)15/h5-7,11H,4,14-15H2,1-3H3. The van der Waals surface area contributed by atoms with Gasteiger partial charge in [0.1, 0.15) is 5.75 Å². The van der Waals surface area contributed by atoms with Crippen molar-refractivity contribution < 1.29 is 4.74 Å². The molecule has 1 atom stereocenters. The molecule has 90 valence electrons. The maximum Gasteiger partial charge on any atom is 0.137 e. The zero-order valence-corrected chi connectivity index (χ0v) is 10.7. The molecule has 0 saturated heterocycles. The molecule has 0 heterocycles. The Morgan fingerprint density at radius 3 is 2.50 bits per heavy atom. The van der Waals surface area contributed by atoms with Crippen LogP contribution in [0.3, 0.4) is 0 Å². The van der Waals surface area contributed by atoms with Crippen LogP contribution >= 0.6 is 11.6 Å². The lowest BCUT2D eigenvalue weighted by Gasteiger charge is -2.27. The summed E-state index contributed by atoms with van der Waals surface area (Å²) in [6, 6.07) is 5.29. The average molecular weight is 243 g/mol. The van der Waals surface area contributed by atoms with E-state index < -0.39 is 5.54 Å². The van der Waals surface area contributed by atoms with Gasteiger partial charge in [-0.2, -0.15) is 0 Å². The average Bonchev–Trinajstić information content (AvgIpc) is 2.19. The van der Waals surface area contributed by atoms with Gasteiger partial charge in [0.15, 0.2) is 0 Å². The molecule has 4 N–H and O–H groups in total. The minimum absolute atomic E-state index is 0.249. The second-order valence-corrected chi connectivity index (χ2v) is 4.83. The molecule has 16 heavy (non-hydrogen) atoms. The highest BCUT2D eigenvalue weighted by Crippen LogP contribution is 2.29. The van der Waals surface area contributed by atoms with Gasteiger partial charge in [-0.15, -0.1) is 0 Å². The molecule has 0 aromatic heterocycles. The first kappa shape index (κ1) is 13.3. The van der Waals surface area contributed by atoms with Crippen LogP contribution in [0.2, 0.25) is 5.02 Å². The Balaban J connectivity index is 2.97. The van der Waals surface area contributed by atoms with Gasteiger partial charge in [-0.3, -0.25) is 0 Å². The van der Waals surface area contributed by atoms with E-state index in [0.29, 0.717) is 17.4 Å². The molecule has 1 aromatic carbocycles. The third-order valence-corrected chi connectivity index (χ3v) is 2.71. The predicted molar refractivity (Wildman–Crippen MR) is 67.8 cm³/mol. The Kier molecular flexibility index (Phi) is 4.19. The molecule has 1 unspecified atom stereocenters. The van der Waals surface area contributed by atoms with Crippen LogP contribution in [0, 0.1) is 0 Å². The van der Waals surface area contributed by atoms with Gasteiger partial charge in [-0.05, 0) is 38.5 Å². The van der Waals surface area contributed by atoms with Crippen LogP contribution in [-0.2, 0) is 0 Å². The fraction of sp³-hybridized carbons (Fsp3) is 0.500. The highest BCUT2D eigenvalue weighted by atomic mass is 35.5. The summed E-state index contributed by atoms with van der Waals surface area (Å²) in [5.74, 6) is 0.676. The largest absolute Gasteiger partial charge is 0.492 e. The van der Waals surface area contributed by atoms with Crippen molar-refractivity contribution in [3.63, 3.8) is 0 Å². The van der Waals surface area contributed by atoms with E-state index >= 15 is 0 Å². The van der Waals surface area contributed by atoms with Crippen LogP contribution in [0.4, 0.5) is 0 Å². The molecule has 1 aromatic rings. The van der Waals surface area contributed by atoms with E-state index in [0.717, 1.165) is 5.56 Å². The van der Waals surface area contributed by atoms with Gasteiger partial charge in [-0.25, -0.2) is 0 Å². The topological polar surface area (TPSA) is 61.3 Å². The lowest BCUT2D eigenvalue weighted by molar-refractivity contribution is 0.340. The Morgan fingerprint density at radius 1 is 1.44 bits per heavy atom. The van der Waals surface area contributed by atoms with Crippen molar-refractivity contribution in [2.24, 2.45) is 11.5 Å². The van der Waals surface area contributed by atoms with E-state index in [4.69, 9.17) is 27.8 Å². The molecule has 0 bridgehead atoms. The van der Waals surface area contributed by atoms with Gasteiger partial charge in [-0.1, -0.05) is 17.7 Å². The maximum absolute atomic E-state index is 6.08. The highest BCUT2D eigenvalue weighted by molar-refractivity contribution is 6.32. The maximum atomic E-state index is 6.08. The van der Waals surface area contributed by atoms with Crippen LogP contribution in [0.1, 0.15) is 32.4 Å². The molecule has 1 rings (SSSR count). The number of halogens is 1. The molecular weight excluding hydrogens is 224 g/mol. The Labute approximate surface area is 102 Å². The van der Waals surface area contributed by atoms with Gasteiger partial charge in [0.2, 0.25) is 0 Å². The second-order valence-electron chi connectivity index (χ2n) is 4.42. The summed E-state index contributed by atoms with van der Waals surface area (Å²) >= 11 is 6.08. The summed E-state index contributed by atoms with van der Waals surface area (Å²) in [5, 5.41) is 0.569. The third kappa shape index (κ3) is 3.11. The summed E-state index contributed by atoms with van der Waals surface area (Å²) in [7, 11) is 0. The van der Waals surface area contributed by atoms with E-state index in [-0.39, 0.29) is 6.04 Å². The number of rotatable bonds is 4.